The zero-order valence-corrected chi connectivity index (χ0v) is 17.8. The molecule has 0 atom stereocenters. The predicted octanol–water partition coefficient (Wildman–Crippen LogP) is 2.82. The zero-order valence-electron chi connectivity index (χ0n) is 17.0. The normalized spacial score (nSPS) is 18.8. The highest BCUT2D eigenvalue weighted by Crippen LogP contribution is 2.54. The number of carbonyl (C=O) groups is 2. The maximum Gasteiger partial charge on any atom is 0.261 e. The summed E-state index contributed by atoms with van der Waals surface area (Å²) in [5.41, 5.74) is 2.12. The van der Waals surface area contributed by atoms with E-state index in [0.29, 0.717) is 42.9 Å². The molecule has 0 bridgehead atoms. The number of carbonyl (C=O) groups excluding carboxylic acids is 2. The van der Waals surface area contributed by atoms with Crippen molar-refractivity contribution in [2.45, 2.75) is 36.0 Å². The van der Waals surface area contributed by atoms with Crippen molar-refractivity contribution in [2.24, 2.45) is 0 Å². The van der Waals surface area contributed by atoms with Gasteiger partial charge in [-0.2, -0.15) is 0 Å². The Morgan fingerprint density at radius 3 is 2.47 bits per heavy atom. The molecule has 0 saturated heterocycles. The second-order valence-electron chi connectivity index (χ2n) is 8.23. The van der Waals surface area contributed by atoms with Gasteiger partial charge in [-0.05, 0) is 54.8 Å². The number of benzene rings is 2. The Bertz CT molecular complexity index is 1270. The lowest BCUT2D eigenvalue weighted by Gasteiger charge is -2.36. The highest BCUT2D eigenvalue weighted by molar-refractivity contribution is 7.92. The van der Waals surface area contributed by atoms with E-state index in [2.05, 4.69) is 20.7 Å². The average Bonchev–Trinajstić information content (AvgIpc) is 3.00. The summed E-state index contributed by atoms with van der Waals surface area (Å²) in [7, 11) is -3.97. The first-order valence-corrected chi connectivity index (χ1v) is 11.8. The minimum Gasteiger partial charge on any atom is -0.357 e. The van der Waals surface area contributed by atoms with Gasteiger partial charge in [0.05, 0.1) is 27.4 Å². The summed E-state index contributed by atoms with van der Waals surface area (Å²) < 4.78 is 41.5. The first-order valence-electron chi connectivity index (χ1n) is 10.3. The van der Waals surface area contributed by atoms with Gasteiger partial charge in [0, 0.05) is 24.7 Å². The van der Waals surface area contributed by atoms with E-state index in [1.807, 2.05) is 0 Å². The van der Waals surface area contributed by atoms with Crippen LogP contribution < -0.4 is 20.7 Å². The third kappa shape index (κ3) is 3.40. The number of sulfonamides is 1. The van der Waals surface area contributed by atoms with Gasteiger partial charge < -0.3 is 16.0 Å². The molecule has 10 heteroatoms. The predicted molar refractivity (Wildman–Crippen MR) is 117 cm³/mol. The van der Waals surface area contributed by atoms with E-state index >= 15 is 0 Å². The third-order valence-electron chi connectivity index (χ3n) is 6.20. The number of rotatable bonds is 5. The van der Waals surface area contributed by atoms with E-state index in [4.69, 9.17) is 0 Å². The standard InChI is InChI=1S/C22H21FN4O4S/c23-13-2-4-16(5-3-13)32(30,31)27-15-10-17-20(26-21(29)22(17)7-1-8-22)18(11-15)25-14-6-9-24-19(28)12-14/h2-5,10-12,25,27H,1,6-9H2,(H,24,28)(H,26,29). The van der Waals surface area contributed by atoms with E-state index in [0.717, 1.165) is 24.1 Å². The van der Waals surface area contributed by atoms with Crippen LogP contribution in [-0.4, -0.2) is 26.8 Å². The molecular weight excluding hydrogens is 435 g/mol. The van der Waals surface area contributed by atoms with E-state index in [9.17, 15) is 22.4 Å². The largest absolute Gasteiger partial charge is 0.357 e. The van der Waals surface area contributed by atoms with Crippen LogP contribution in [0, 0.1) is 5.82 Å². The monoisotopic (exact) mass is 456 g/mol. The Kier molecular flexibility index (Phi) is 4.70. The van der Waals surface area contributed by atoms with Gasteiger partial charge in [-0.3, -0.25) is 14.3 Å². The van der Waals surface area contributed by atoms with Crippen molar-refractivity contribution in [2.75, 3.05) is 21.9 Å². The van der Waals surface area contributed by atoms with Crippen molar-refractivity contribution in [1.82, 2.24) is 5.32 Å². The average molecular weight is 456 g/mol. The van der Waals surface area contributed by atoms with Crippen LogP contribution in [-0.2, 0) is 25.0 Å². The topological polar surface area (TPSA) is 116 Å². The summed E-state index contributed by atoms with van der Waals surface area (Å²) in [6.07, 6.45) is 4.30. The summed E-state index contributed by atoms with van der Waals surface area (Å²) >= 11 is 0. The summed E-state index contributed by atoms with van der Waals surface area (Å²) in [5, 5.41) is 8.84. The van der Waals surface area contributed by atoms with Crippen LogP contribution in [0.3, 0.4) is 0 Å². The van der Waals surface area contributed by atoms with Crippen LogP contribution in [0.25, 0.3) is 0 Å². The van der Waals surface area contributed by atoms with Crippen molar-refractivity contribution in [3.63, 3.8) is 0 Å². The molecule has 0 radical (unpaired) electrons. The molecule has 2 amide bonds. The lowest BCUT2D eigenvalue weighted by molar-refractivity contribution is -0.123. The van der Waals surface area contributed by atoms with Crippen molar-refractivity contribution in [3.8, 4) is 0 Å². The maximum atomic E-state index is 13.2. The van der Waals surface area contributed by atoms with Gasteiger partial charge in [0.25, 0.3) is 10.0 Å². The number of hydrogen-bond donors (Lipinski definition) is 4. The molecule has 2 heterocycles. The van der Waals surface area contributed by atoms with Crippen molar-refractivity contribution < 1.29 is 22.4 Å². The number of nitrogens with one attached hydrogen (secondary N) is 4. The van der Waals surface area contributed by atoms with Crippen LogP contribution in [0.1, 0.15) is 31.2 Å². The second kappa shape index (κ2) is 7.33. The summed E-state index contributed by atoms with van der Waals surface area (Å²) in [6.45, 7) is 0.479. The molecule has 32 heavy (non-hydrogen) atoms. The van der Waals surface area contributed by atoms with E-state index in [1.165, 1.54) is 18.2 Å². The van der Waals surface area contributed by atoms with Gasteiger partial charge in [-0.25, -0.2) is 12.8 Å². The number of anilines is 3. The molecule has 0 aromatic heterocycles. The van der Waals surface area contributed by atoms with E-state index in [-0.39, 0.29) is 22.4 Å². The molecule has 3 aliphatic rings. The van der Waals surface area contributed by atoms with Gasteiger partial charge in [0.2, 0.25) is 11.8 Å². The van der Waals surface area contributed by atoms with Crippen molar-refractivity contribution in [1.29, 1.82) is 0 Å². The molecule has 2 aliphatic heterocycles. The second-order valence-corrected chi connectivity index (χ2v) is 9.91. The van der Waals surface area contributed by atoms with Gasteiger partial charge in [-0.15, -0.1) is 0 Å². The van der Waals surface area contributed by atoms with E-state index < -0.39 is 21.3 Å². The quantitative estimate of drug-likeness (QED) is 0.552. The van der Waals surface area contributed by atoms with Crippen molar-refractivity contribution in [3.05, 3.63) is 59.6 Å². The first kappa shape index (κ1) is 20.5. The smallest absolute Gasteiger partial charge is 0.261 e. The van der Waals surface area contributed by atoms with Crippen LogP contribution in [0.15, 0.2) is 53.1 Å². The van der Waals surface area contributed by atoms with Crippen molar-refractivity contribution >= 4 is 38.9 Å². The SMILES string of the molecule is O=C1C=C(Nc2cc(NS(=O)(=O)c3ccc(F)cc3)cc3c2NC(=O)C32CCC2)CCN1. The molecule has 2 aromatic carbocycles. The van der Waals surface area contributed by atoms with E-state index in [1.54, 1.807) is 12.1 Å². The molecule has 5 rings (SSSR count). The van der Waals surface area contributed by atoms with Gasteiger partial charge in [0.1, 0.15) is 5.82 Å². The highest BCUT2D eigenvalue weighted by Gasteiger charge is 2.52. The molecule has 0 unspecified atom stereocenters. The van der Waals surface area contributed by atoms with Gasteiger partial charge in [-0.1, -0.05) is 6.42 Å². The molecule has 4 N–H and O–H groups in total. The minimum atomic E-state index is -3.97. The Morgan fingerprint density at radius 2 is 1.81 bits per heavy atom. The number of hydrogen-bond acceptors (Lipinski definition) is 5. The zero-order chi connectivity index (χ0) is 22.5. The number of halogens is 1. The van der Waals surface area contributed by atoms with Gasteiger partial charge in [0.15, 0.2) is 0 Å². The maximum absolute atomic E-state index is 13.2. The Balaban J connectivity index is 1.56. The third-order valence-corrected chi connectivity index (χ3v) is 7.60. The lowest BCUT2D eigenvalue weighted by Crippen LogP contribution is -2.40. The fourth-order valence-corrected chi connectivity index (χ4v) is 5.44. The van der Waals surface area contributed by atoms with Crippen LogP contribution in [0.4, 0.5) is 21.5 Å². The van der Waals surface area contributed by atoms with Crippen LogP contribution in [0.5, 0.6) is 0 Å². The Hall–Kier alpha value is -3.40. The highest BCUT2D eigenvalue weighted by atomic mass is 32.2. The van der Waals surface area contributed by atoms with Gasteiger partial charge >= 0.3 is 0 Å². The number of amides is 2. The van der Waals surface area contributed by atoms with Crippen LogP contribution in [0.2, 0.25) is 0 Å². The Morgan fingerprint density at radius 1 is 1.06 bits per heavy atom. The summed E-state index contributed by atoms with van der Waals surface area (Å²) in [6, 6.07) is 7.81. The van der Waals surface area contributed by atoms with Crippen LogP contribution >= 0.6 is 0 Å². The molecule has 1 aliphatic carbocycles. The Labute approximate surface area is 184 Å². The minimum absolute atomic E-state index is 0.0758. The lowest BCUT2D eigenvalue weighted by atomic mass is 9.65. The number of fused-ring (bicyclic) bond motifs is 2. The fourth-order valence-electron chi connectivity index (χ4n) is 4.40. The molecule has 166 valence electrons. The summed E-state index contributed by atoms with van der Waals surface area (Å²) in [5.74, 6) is -0.854. The fraction of sp³-hybridized carbons (Fsp3) is 0.273. The molecule has 8 nitrogen and oxygen atoms in total. The molecule has 2 aromatic rings. The first-order chi connectivity index (χ1) is 15.3. The molecular formula is C22H21FN4O4S. The molecule has 1 spiro atoms. The molecule has 1 fully saturated rings. The summed E-state index contributed by atoms with van der Waals surface area (Å²) in [4.78, 5) is 24.4. The molecule has 1 saturated carbocycles.